The van der Waals surface area contributed by atoms with Crippen molar-refractivity contribution in [3.8, 4) is 5.75 Å². The molecule has 4 nitrogen and oxygen atoms in total. The second-order valence-corrected chi connectivity index (χ2v) is 9.14. The monoisotopic (exact) mass is 494 g/mol. The van der Waals surface area contributed by atoms with Crippen LogP contribution < -0.4 is 4.74 Å². The first-order valence-electron chi connectivity index (χ1n) is 12.0. The summed E-state index contributed by atoms with van der Waals surface area (Å²) in [5, 5.41) is 1.65. The van der Waals surface area contributed by atoms with Gasteiger partial charge >= 0.3 is 0 Å². The highest BCUT2D eigenvalue weighted by Crippen LogP contribution is 2.22. The highest BCUT2D eigenvalue weighted by molar-refractivity contribution is 6.33. The predicted molar refractivity (Wildman–Crippen MR) is 145 cm³/mol. The minimum Gasteiger partial charge on any atom is -0.489 e. The lowest BCUT2D eigenvalue weighted by Crippen LogP contribution is -2.32. The number of carbonyl (C=O) groups is 1. The number of aromatic nitrogens is 1. The molecule has 1 aromatic heterocycles. The maximum Gasteiger partial charge on any atom is 0.255 e. The number of H-pyrrole nitrogens is 1. The fourth-order valence-corrected chi connectivity index (χ4v) is 4.52. The van der Waals surface area contributed by atoms with Gasteiger partial charge in [0.2, 0.25) is 0 Å². The molecule has 0 aliphatic carbocycles. The number of hydrogen-bond donors (Lipinski definition) is 1. The third kappa shape index (κ3) is 5.61. The summed E-state index contributed by atoms with van der Waals surface area (Å²) >= 11 is 6.38. The Kier molecular flexibility index (Phi) is 7.34. The van der Waals surface area contributed by atoms with Gasteiger partial charge in [-0.05, 0) is 53.4 Å². The van der Waals surface area contributed by atoms with Gasteiger partial charge in [-0.3, -0.25) is 4.79 Å². The fourth-order valence-electron chi connectivity index (χ4n) is 4.30. The number of aromatic amines is 1. The number of amides is 1. The average molecular weight is 495 g/mol. The number of carbonyl (C=O) groups excluding carboxylic acids is 1. The maximum absolute atomic E-state index is 13.5. The lowest BCUT2D eigenvalue weighted by atomic mass is 10.1. The summed E-state index contributed by atoms with van der Waals surface area (Å²) in [6.45, 7) is 1.56. The number of fused-ring (bicyclic) bond motifs is 1. The van der Waals surface area contributed by atoms with Crippen LogP contribution in [0.4, 0.5) is 0 Å². The van der Waals surface area contributed by atoms with Gasteiger partial charge in [0.1, 0.15) is 12.4 Å². The van der Waals surface area contributed by atoms with Gasteiger partial charge < -0.3 is 14.6 Å². The van der Waals surface area contributed by atoms with Crippen LogP contribution in [0.2, 0.25) is 5.02 Å². The lowest BCUT2D eigenvalue weighted by Gasteiger charge is -2.23. The fraction of sp³-hybridized carbons (Fsp3) is 0.129. The van der Waals surface area contributed by atoms with Crippen LogP contribution in [-0.2, 0) is 19.6 Å². The van der Waals surface area contributed by atoms with E-state index in [9.17, 15) is 4.79 Å². The van der Waals surface area contributed by atoms with Crippen molar-refractivity contribution in [1.82, 2.24) is 9.88 Å². The Morgan fingerprint density at radius 3 is 2.33 bits per heavy atom. The number of benzene rings is 4. The number of rotatable bonds is 9. The first kappa shape index (κ1) is 23.7. The molecule has 0 aliphatic heterocycles. The van der Waals surface area contributed by atoms with Crippen LogP contribution in [0.15, 0.2) is 109 Å². The Bertz CT molecular complexity index is 1440. The van der Waals surface area contributed by atoms with Gasteiger partial charge in [0.25, 0.3) is 5.91 Å². The molecule has 0 fully saturated rings. The summed E-state index contributed by atoms with van der Waals surface area (Å²) in [4.78, 5) is 18.7. The molecular weight excluding hydrogens is 468 g/mol. The van der Waals surface area contributed by atoms with Crippen molar-refractivity contribution in [2.45, 2.75) is 19.6 Å². The van der Waals surface area contributed by atoms with Crippen molar-refractivity contribution in [1.29, 1.82) is 0 Å². The van der Waals surface area contributed by atoms with Crippen LogP contribution in [0.3, 0.4) is 0 Å². The predicted octanol–water partition coefficient (Wildman–Crippen LogP) is 7.29. The molecule has 0 atom stereocenters. The van der Waals surface area contributed by atoms with Crippen molar-refractivity contribution >= 4 is 28.4 Å². The zero-order chi connectivity index (χ0) is 24.7. The van der Waals surface area contributed by atoms with E-state index in [4.69, 9.17) is 16.3 Å². The van der Waals surface area contributed by atoms with Crippen LogP contribution in [0, 0.1) is 0 Å². The van der Waals surface area contributed by atoms with Gasteiger partial charge in [-0.25, -0.2) is 0 Å². The first-order valence-corrected chi connectivity index (χ1v) is 12.4. The second kappa shape index (κ2) is 11.1. The third-order valence-corrected chi connectivity index (χ3v) is 6.59. The number of hydrogen-bond acceptors (Lipinski definition) is 2. The Labute approximate surface area is 216 Å². The molecule has 5 rings (SSSR count). The number of ether oxygens (including phenoxy) is 1. The molecule has 0 saturated carbocycles. The van der Waals surface area contributed by atoms with E-state index in [2.05, 4.69) is 17.1 Å². The molecule has 0 saturated heterocycles. The molecular formula is C31H27ClN2O2. The molecule has 0 spiro atoms. The Balaban J connectivity index is 1.31. The minimum atomic E-state index is -0.0788. The average Bonchev–Trinajstić information content (AvgIpc) is 3.34. The molecule has 0 unspecified atom stereocenters. The summed E-state index contributed by atoms with van der Waals surface area (Å²) in [5.74, 6) is 0.718. The molecule has 5 heteroatoms. The summed E-state index contributed by atoms with van der Waals surface area (Å²) in [7, 11) is 0. The Morgan fingerprint density at radius 2 is 1.53 bits per heavy atom. The second-order valence-electron chi connectivity index (χ2n) is 8.73. The molecule has 0 aliphatic rings. The molecule has 1 N–H and O–H groups in total. The van der Waals surface area contributed by atoms with E-state index in [-0.39, 0.29) is 5.91 Å². The lowest BCUT2D eigenvalue weighted by molar-refractivity contribution is 0.0745. The third-order valence-electron chi connectivity index (χ3n) is 6.26. The summed E-state index contributed by atoms with van der Waals surface area (Å²) < 4.78 is 5.92. The van der Waals surface area contributed by atoms with Gasteiger partial charge in [0.15, 0.2) is 0 Å². The van der Waals surface area contributed by atoms with E-state index in [0.29, 0.717) is 30.3 Å². The molecule has 1 heterocycles. The van der Waals surface area contributed by atoms with Crippen molar-refractivity contribution in [2.75, 3.05) is 6.54 Å². The Hall–Kier alpha value is -4.02. The van der Waals surface area contributed by atoms with Crippen LogP contribution in [0.5, 0.6) is 5.75 Å². The van der Waals surface area contributed by atoms with Crippen molar-refractivity contribution in [3.63, 3.8) is 0 Å². The number of nitrogens with one attached hydrogen (secondary N) is 1. The molecule has 180 valence electrons. The van der Waals surface area contributed by atoms with E-state index in [1.807, 2.05) is 90.0 Å². The number of para-hydroxylation sites is 1. The molecule has 4 aromatic carbocycles. The van der Waals surface area contributed by atoms with E-state index in [1.54, 1.807) is 12.1 Å². The largest absolute Gasteiger partial charge is 0.489 e. The SMILES string of the molecule is O=C(c1ccccc1Cl)N(CCc1c[nH]c2ccccc12)Cc1ccc(OCc2ccccc2)cc1. The van der Waals surface area contributed by atoms with Crippen LogP contribution in [-0.4, -0.2) is 22.3 Å². The van der Waals surface area contributed by atoms with Crippen molar-refractivity contribution in [2.24, 2.45) is 0 Å². The van der Waals surface area contributed by atoms with Crippen LogP contribution >= 0.6 is 11.6 Å². The zero-order valence-corrected chi connectivity index (χ0v) is 20.6. The zero-order valence-electron chi connectivity index (χ0n) is 19.9. The van der Waals surface area contributed by atoms with E-state index < -0.39 is 0 Å². The molecule has 5 aromatic rings. The molecule has 0 radical (unpaired) electrons. The smallest absolute Gasteiger partial charge is 0.255 e. The normalized spacial score (nSPS) is 10.9. The van der Waals surface area contributed by atoms with Crippen LogP contribution in [0.1, 0.15) is 27.0 Å². The van der Waals surface area contributed by atoms with Gasteiger partial charge in [-0.1, -0.05) is 84.4 Å². The number of nitrogens with zero attached hydrogens (tertiary/aromatic N) is 1. The van der Waals surface area contributed by atoms with E-state index >= 15 is 0 Å². The molecule has 1 amide bonds. The quantitative estimate of drug-likeness (QED) is 0.234. The van der Waals surface area contributed by atoms with Crippen LogP contribution in [0.25, 0.3) is 10.9 Å². The van der Waals surface area contributed by atoms with Crippen molar-refractivity contribution in [3.05, 3.63) is 137 Å². The highest BCUT2D eigenvalue weighted by atomic mass is 35.5. The topological polar surface area (TPSA) is 45.3 Å². The van der Waals surface area contributed by atoms with E-state index in [0.717, 1.165) is 28.8 Å². The number of halogens is 1. The maximum atomic E-state index is 13.5. The summed E-state index contributed by atoms with van der Waals surface area (Å²) in [5.41, 5.74) is 4.95. The van der Waals surface area contributed by atoms with Gasteiger partial charge in [-0.15, -0.1) is 0 Å². The van der Waals surface area contributed by atoms with Gasteiger partial charge in [-0.2, -0.15) is 0 Å². The first-order chi connectivity index (χ1) is 17.7. The Morgan fingerprint density at radius 1 is 0.806 bits per heavy atom. The summed E-state index contributed by atoms with van der Waals surface area (Å²) in [6.07, 6.45) is 2.76. The minimum absolute atomic E-state index is 0.0788. The summed E-state index contributed by atoms with van der Waals surface area (Å²) in [6, 6.07) is 33.5. The van der Waals surface area contributed by atoms with Gasteiger partial charge in [0, 0.05) is 30.2 Å². The molecule has 0 bridgehead atoms. The van der Waals surface area contributed by atoms with Crippen molar-refractivity contribution < 1.29 is 9.53 Å². The highest BCUT2D eigenvalue weighted by Gasteiger charge is 2.19. The van der Waals surface area contributed by atoms with Gasteiger partial charge in [0.05, 0.1) is 10.6 Å². The standard InChI is InChI=1S/C31H27ClN2O2/c32-29-12-6-4-11-28(29)31(35)34(19-18-25-20-33-30-13-7-5-10-27(25)30)21-23-14-16-26(17-15-23)36-22-24-8-2-1-3-9-24/h1-17,20,33H,18-19,21-22H2. The molecule has 36 heavy (non-hydrogen) atoms. The van der Waals surface area contributed by atoms with E-state index in [1.165, 1.54) is 10.9 Å².